The van der Waals surface area contributed by atoms with E-state index in [1.165, 1.54) is 6.07 Å². The Kier molecular flexibility index (Phi) is 3.36. The van der Waals surface area contributed by atoms with Gasteiger partial charge in [-0.25, -0.2) is 4.39 Å². The van der Waals surface area contributed by atoms with Crippen LogP contribution in [0.5, 0.6) is 0 Å². The SMILES string of the molecule is O=C(O)C1([C@H]2CC[C@H](c3ccnc4ccc(F)cc43)CC2)CC1. The van der Waals surface area contributed by atoms with Crippen LogP contribution in [0, 0.1) is 17.2 Å². The maximum Gasteiger partial charge on any atom is 0.309 e. The van der Waals surface area contributed by atoms with Crippen molar-refractivity contribution in [1.29, 1.82) is 0 Å². The van der Waals surface area contributed by atoms with Crippen molar-refractivity contribution < 1.29 is 14.3 Å². The summed E-state index contributed by atoms with van der Waals surface area (Å²) in [6.45, 7) is 0. The molecule has 2 aliphatic rings. The van der Waals surface area contributed by atoms with E-state index in [1.807, 2.05) is 6.07 Å². The Morgan fingerprint density at radius 2 is 1.91 bits per heavy atom. The van der Waals surface area contributed by atoms with Gasteiger partial charge in [-0.2, -0.15) is 0 Å². The molecule has 0 amide bonds. The molecule has 1 N–H and O–H groups in total. The topological polar surface area (TPSA) is 50.2 Å². The lowest BCUT2D eigenvalue weighted by molar-refractivity contribution is -0.146. The first-order valence-electron chi connectivity index (χ1n) is 8.38. The van der Waals surface area contributed by atoms with Crippen molar-refractivity contribution in [3.05, 3.63) is 41.8 Å². The third kappa shape index (κ3) is 2.41. The Labute approximate surface area is 134 Å². The molecule has 2 saturated carbocycles. The van der Waals surface area contributed by atoms with Crippen LogP contribution in [0.1, 0.15) is 50.0 Å². The number of aromatic nitrogens is 1. The first-order valence-corrected chi connectivity index (χ1v) is 8.38. The lowest BCUT2D eigenvalue weighted by Crippen LogP contribution is -2.28. The Morgan fingerprint density at radius 3 is 2.57 bits per heavy atom. The largest absolute Gasteiger partial charge is 0.481 e. The van der Waals surface area contributed by atoms with Gasteiger partial charge in [-0.05, 0) is 80.2 Å². The van der Waals surface area contributed by atoms with Crippen LogP contribution < -0.4 is 0 Å². The van der Waals surface area contributed by atoms with Gasteiger partial charge in [0.2, 0.25) is 0 Å². The van der Waals surface area contributed by atoms with Crippen molar-refractivity contribution in [2.75, 3.05) is 0 Å². The van der Waals surface area contributed by atoms with Crippen LogP contribution in [0.2, 0.25) is 0 Å². The quantitative estimate of drug-likeness (QED) is 0.907. The summed E-state index contributed by atoms with van der Waals surface area (Å²) in [7, 11) is 0. The minimum Gasteiger partial charge on any atom is -0.481 e. The standard InChI is InChI=1S/C19H20FNO2/c20-14-5-6-17-16(11-14)15(7-10-21-17)12-1-3-13(4-2-12)19(8-9-19)18(22)23/h5-7,10-13H,1-4,8-9H2,(H,22,23)/t12-,13-. The number of carboxylic acid groups (broad SMARTS) is 1. The second-order valence-corrected chi connectivity index (χ2v) is 7.07. The zero-order valence-electron chi connectivity index (χ0n) is 13.0. The number of carbonyl (C=O) groups is 1. The van der Waals surface area contributed by atoms with Crippen LogP contribution in [0.15, 0.2) is 30.5 Å². The van der Waals surface area contributed by atoms with Gasteiger partial charge in [0.05, 0.1) is 10.9 Å². The fourth-order valence-electron chi connectivity index (χ4n) is 4.38. The highest BCUT2D eigenvalue weighted by Gasteiger charge is 2.56. The van der Waals surface area contributed by atoms with Crippen LogP contribution >= 0.6 is 0 Å². The highest BCUT2D eigenvalue weighted by molar-refractivity contribution is 5.82. The molecule has 0 radical (unpaired) electrons. The summed E-state index contributed by atoms with van der Waals surface area (Å²) in [4.78, 5) is 15.8. The molecule has 2 aliphatic carbocycles. The van der Waals surface area contributed by atoms with Gasteiger partial charge in [0.25, 0.3) is 0 Å². The number of hydrogen-bond acceptors (Lipinski definition) is 2. The molecule has 4 rings (SSSR count). The number of fused-ring (bicyclic) bond motifs is 1. The van der Waals surface area contributed by atoms with E-state index in [0.717, 1.165) is 55.0 Å². The molecule has 0 unspecified atom stereocenters. The molecule has 0 saturated heterocycles. The molecular formula is C19H20FNO2. The van der Waals surface area contributed by atoms with Gasteiger partial charge < -0.3 is 5.11 Å². The van der Waals surface area contributed by atoms with Crippen molar-refractivity contribution in [3.8, 4) is 0 Å². The van der Waals surface area contributed by atoms with Gasteiger partial charge in [0.15, 0.2) is 0 Å². The average Bonchev–Trinajstić information content (AvgIpc) is 3.36. The molecular weight excluding hydrogens is 293 g/mol. The van der Waals surface area contributed by atoms with Crippen LogP contribution in [0.25, 0.3) is 10.9 Å². The molecule has 120 valence electrons. The second-order valence-electron chi connectivity index (χ2n) is 7.07. The number of rotatable bonds is 3. The smallest absolute Gasteiger partial charge is 0.309 e. The zero-order valence-corrected chi connectivity index (χ0v) is 13.0. The molecule has 4 heteroatoms. The molecule has 2 fully saturated rings. The van der Waals surface area contributed by atoms with Gasteiger partial charge in [-0.15, -0.1) is 0 Å². The van der Waals surface area contributed by atoms with Crippen molar-refractivity contribution in [2.45, 2.75) is 44.4 Å². The van der Waals surface area contributed by atoms with Crippen LogP contribution in [-0.2, 0) is 4.79 Å². The van der Waals surface area contributed by atoms with Crippen molar-refractivity contribution in [3.63, 3.8) is 0 Å². The molecule has 1 heterocycles. The minimum atomic E-state index is -0.614. The molecule has 0 aliphatic heterocycles. The Bertz CT molecular complexity index is 761. The van der Waals surface area contributed by atoms with Crippen molar-refractivity contribution in [1.82, 2.24) is 4.98 Å². The normalized spacial score (nSPS) is 26.1. The maximum absolute atomic E-state index is 13.6. The fraction of sp³-hybridized carbons (Fsp3) is 0.474. The van der Waals surface area contributed by atoms with E-state index >= 15 is 0 Å². The second kappa shape index (κ2) is 5.29. The average molecular weight is 313 g/mol. The maximum atomic E-state index is 13.6. The molecule has 23 heavy (non-hydrogen) atoms. The molecule has 1 aromatic heterocycles. The van der Waals surface area contributed by atoms with Gasteiger partial charge in [-0.3, -0.25) is 9.78 Å². The van der Waals surface area contributed by atoms with Crippen molar-refractivity contribution >= 4 is 16.9 Å². The molecule has 0 bridgehead atoms. The van der Waals surface area contributed by atoms with E-state index in [2.05, 4.69) is 4.98 Å². The van der Waals surface area contributed by atoms with Gasteiger partial charge in [0, 0.05) is 11.6 Å². The number of pyridine rings is 1. The van der Waals surface area contributed by atoms with E-state index in [4.69, 9.17) is 0 Å². The lowest BCUT2D eigenvalue weighted by atomic mass is 9.72. The zero-order chi connectivity index (χ0) is 16.0. The molecule has 1 aromatic carbocycles. The van der Waals surface area contributed by atoms with E-state index in [9.17, 15) is 14.3 Å². The van der Waals surface area contributed by atoms with E-state index in [1.54, 1.807) is 18.3 Å². The van der Waals surface area contributed by atoms with E-state index < -0.39 is 11.4 Å². The van der Waals surface area contributed by atoms with Crippen LogP contribution in [-0.4, -0.2) is 16.1 Å². The Balaban J connectivity index is 1.57. The number of benzene rings is 1. The van der Waals surface area contributed by atoms with E-state index in [-0.39, 0.29) is 5.82 Å². The molecule has 3 nitrogen and oxygen atoms in total. The predicted molar refractivity (Wildman–Crippen MR) is 85.7 cm³/mol. The predicted octanol–water partition coefficient (Wildman–Crippen LogP) is 4.51. The highest BCUT2D eigenvalue weighted by atomic mass is 19.1. The number of aliphatic carboxylic acids is 1. The number of hydrogen-bond donors (Lipinski definition) is 1. The Hall–Kier alpha value is -1.97. The number of nitrogens with zero attached hydrogens (tertiary/aromatic N) is 1. The lowest BCUT2D eigenvalue weighted by Gasteiger charge is -2.32. The number of halogens is 1. The summed E-state index contributed by atoms with van der Waals surface area (Å²) >= 11 is 0. The fourth-order valence-corrected chi connectivity index (χ4v) is 4.38. The minimum absolute atomic E-state index is 0.233. The van der Waals surface area contributed by atoms with Crippen LogP contribution in [0.4, 0.5) is 4.39 Å². The summed E-state index contributed by atoms with van der Waals surface area (Å²) in [5.41, 5.74) is 1.56. The summed E-state index contributed by atoms with van der Waals surface area (Å²) < 4.78 is 13.6. The summed E-state index contributed by atoms with van der Waals surface area (Å²) in [5, 5.41) is 10.4. The summed E-state index contributed by atoms with van der Waals surface area (Å²) in [5.74, 6) is -0.162. The molecule has 0 atom stereocenters. The first kappa shape index (κ1) is 14.6. The van der Waals surface area contributed by atoms with Crippen LogP contribution in [0.3, 0.4) is 0 Å². The third-order valence-electron chi connectivity index (χ3n) is 5.90. The Morgan fingerprint density at radius 1 is 1.17 bits per heavy atom. The van der Waals surface area contributed by atoms with Crippen molar-refractivity contribution in [2.24, 2.45) is 11.3 Å². The summed E-state index contributed by atoms with van der Waals surface area (Å²) in [6, 6.07) is 6.74. The monoisotopic (exact) mass is 313 g/mol. The highest BCUT2D eigenvalue weighted by Crippen LogP contribution is 2.58. The molecule has 2 aromatic rings. The van der Waals surface area contributed by atoms with E-state index in [0.29, 0.717) is 11.8 Å². The summed E-state index contributed by atoms with van der Waals surface area (Å²) in [6.07, 6.45) is 7.33. The third-order valence-corrected chi connectivity index (χ3v) is 5.90. The van der Waals surface area contributed by atoms with Gasteiger partial charge >= 0.3 is 5.97 Å². The molecule has 0 spiro atoms. The van der Waals surface area contributed by atoms with Gasteiger partial charge in [-0.1, -0.05) is 0 Å². The van der Waals surface area contributed by atoms with Gasteiger partial charge in [0.1, 0.15) is 5.82 Å². The first-order chi connectivity index (χ1) is 11.1. The number of carboxylic acids is 1.